The summed E-state index contributed by atoms with van der Waals surface area (Å²) in [6.45, 7) is 1.10. The Hall–Kier alpha value is -2.12. The smallest absolute Gasteiger partial charge is 0.317 e. The van der Waals surface area contributed by atoms with E-state index in [4.69, 9.17) is 11.6 Å². The molecule has 0 atom stereocenters. The number of carbonyl (C=O) groups is 1. The van der Waals surface area contributed by atoms with Crippen LogP contribution >= 0.6 is 11.6 Å². The molecule has 0 aliphatic carbocycles. The van der Waals surface area contributed by atoms with Crippen molar-refractivity contribution in [3.8, 4) is 0 Å². The third-order valence-electron chi connectivity index (χ3n) is 4.67. The molecule has 1 heterocycles. The molecule has 27 heavy (non-hydrogen) atoms. The van der Waals surface area contributed by atoms with E-state index in [1.807, 2.05) is 12.1 Å². The van der Waals surface area contributed by atoms with Crippen LogP contribution in [0.1, 0.15) is 18.4 Å². The molecule has 1 aliphatic heterocycles. The Morgan fingerprint density at radius 2 is 1.67 bits per heavy atom. The third kappa shape index (κ3) is 4.78. The lowest BCUT2D eigenvalue weighted by atomic mass is 10.1. The first-order valence-electron chi connectivity index (χ1n) is 8.63. The molecule has 0 saturated carbocycles. The van der Waals surface area contributed by atoms with Gasteiger partial charge in [0.1, 0.15) is 5.82 Å². The Kier molecular flexibility index (Phi) is 6.01. The first-order chi connectivity index (χ1) is 12.9. The lowest BCUT2D eigenvalue weighted by Crippen LogP contribution is -2.46. The van der Waals surface area contributed by atoms with Gasteiger partial charge < -0.3 is 10.2 Å². The largest absolute Gasteiger partial charge is 0.334 e. The summed E-state index contributed by atoms with van der Waals surface area (Å²) < 4.78 is 38.3. The standard InChI is InChI=1S/C19H20ClFN2O3S/c20-15-3-1-14(2-4-15)13-22-19(24)23-11-9-18(10-12-23)27(25,26)17-7-5-16(21)6-8-17/h1-8,18H,9-13H2,(H,22,24). The average Bonchev–Trinajstić information content (AvgIpc) is 2.68. The number of nitrogens with one attached hydrogen (secondary N) is 1. The number of rotatable bonds is 4. The van der Waals surface area contributed by atoms with E-state index in [9.17, 15) is 17.6 Å². The van der Waals surface area contributed by atoms with Crippen molar-refractivity contribution < 1.29 is 17.6 Å². The molecule has 1 saturated heterocycles. The van der Waals surface area contributed by atoms with Crippen molar-refractivity contribution >= 4 is 27.5 Å². The molecule has 0 aromatic heterocycles. The number of hydrogen-bond donors (Lipinski definition) is 1. The van der Waals surface area contributed by atoms with Crippen LogP contribution in [0, 0.1) is 5.82 Å². The number of amides is 2. The highest BCUT2D eigenvalue weighted by Crippen LogP contribution is 2.25. The second-order valence-electron chi connectivity index (χ2n) is 6.47. The van der Waals surface area contributed by atoms with Crippen LogP contribution in [0.4, 0.5) is 9.18 Å². The topological polar surface area (TPSA) is 66.5 Å². The molecular formula is C19H20ClFN2O3S. The number of halogens is 2. The van der Waals surface area contributed by atoms with Crippen LogP contribution < -0.4 is 5.32 Å². The van der Waals surface area contributed by atoms with Crippen molar-refractivity contribution in [3.63, 3.8) is 0 Å². The lowest BCUT2D eigenvalue weighted by Gasteiger charge is -2.31. The maximum absolute atomic E-state index is 13.0. The number of carbonyl (C=O) groups excluding carboxylic acids is 1. The fourth-order valence-corrected chi connectivity index (χ4v) is 4.94. The number of hydrogen-bond acceptors (Lipinski definition) is 3. The molecule has 2 aromatic rings. The highest BCUT2D eigenvalue weighted by Gasteiger charge is 2.32. The van der Waals surface area contributed by atoms with Crippen molar-refractivity contribution in [1.29, 1.82) is 0 Å². The molecule has 5 nitrogen and oxygen atoms in total. The summed E-state index contributed by atoms with van der Waals surface area (Å²) >= 11 is 5.84. The highest BCUT2D eigenvalue weighted by molar-refractivity contribution is 7.92. The minimum Gasteiger partial charge on any atom is -0.334 e. The SMILES string of the molecule is O=C(NCc1ccc(Cl)cc1)N1CCC(S(=O)(=O)c2ccc(F)cc2)CC1. The van der Waals surface area contributed by atoms with Crippen molar-refractivity contribution in [2.45, 2.75) is 29.5 Å². The van der Waals surface area contributed by atoms with Gasteiger partial charge in [-0.05, 0) is 54.8 Å². The zero-order valence-corrected chi connectivity index (χ0v) is 16.1. The van der Waals surface area contributed by atoms with Gasteiger partial charge in [0.15, 0.2) is 9.84 Å². The van der Waals surface area contributed by atoms with Gasteiger partial charge in [0.25, 0.3) is 0 Å². The summed E-state index contributed by atoms with van der Waals surface area (Å²) in [4.78, 5) is 14.0. The predicted octanol–water partition coefficient (Wildman–Crippen LogP) is 3.63. The van der Waals surface area contributed by atoms with Crippen LogP contribution in [0.25, 0.3) is 0 Å². The van der Waals surface area contributed by atoms with E-state index in [1.54, 1.807) is 17.0 Å². The molecule has 0 radical (unpaired) electrons. The van der Waals surface area contributed by atoms with E-state index in [0.29, 0.717) is 37.5 Å². The fraction of sp³-hybridized carbons (Fsp3) is 0.316. The Morgan fingerprint density at radius 1 is 1.07 bits per heavy atom. The quantitative estimate of drug-likeness (QED) is 0.783. The van der Waals surface area contributed by atoms with E-state index < -0.39 is 20.9 Å². The van der Waals surface area contributed by atoms with Gasteiger partial charge in [-0.1, -0.05) is 23.7 Å². The van der Waals surface area contributed by atoms with Crippen LogP contribution in [0.2, 0.25) is 5.02 Å². The summed E-state index contributed by atoms with van der Waals surface area (Å²) in [5.74, 6) is -0.471. The van der Waals surface area contributed by atoms with Gasteiger partial charge in [-0.25, -0.2) is 17.6 Å². The molecule has 1 aliphatic rings. The number of sulfone groups is 1. The zero-order chi connectivity index (χ0) is 19.4. The van der Waals surface area contributed by atoms with Crippen molar-refractivity contribution in [1.82, 2.24) is 10.2 Å². The monoisotopic (exact) mass is 410 g/mol. The van der Waals surface area contributed by atoms with E-state index in [2.05, 4.69) is 5.32 Å². The maximum Gasteiger partial charge on any atom is 0.317 e. The van der Waals surface area contributed by atoms with Crippen LogP contribution in [0.5, 0.6) is 0 Å². The van der Waals surface area contributed by atoms with E-state index in [1.165, 1.54) is 12.1 Å². The first kappa shape index (κ1) is 19.6. The molecule has 3 rings (SSSR count). The van der Waals surface area contributed by atoms with Gasteiger partial charge >= 0.3 is 6.03 Å². The second-order valence-corrected chi connectivity index (χ2v) is 9.14. The van der Waals surface area contributed by atoms with Gasteiger partial charge in [0, 0.05) is 24.7 Å². The summed E-state index contributed by atoms with van der Waals surface area (Å²) in [6.07, 6.45) is 0.710. The summed E-state index contributed by atoms with van der Waals surface area (Å²) in [5.41, 5.74) is 0.932. The number of nitrogens with zero attached hydrogens (tertiary/aromatic N) is 1. The number of urea groups is 1. The Bertz CT molecular complexity index is 894. The molecule has 0 bridgehead atoms. The van der Waals surface area contributed by atoms with Gasteiger partial charge in [0.05, 0.1) is 10.1 Å². The lowest BCUT2D eigenvalue weighted by molar-refractivity contribution is 0.186. The van der Waals surface area contributed by atoms with Gasteiger partial charge in [-0.2, -0.15) is 0 Å². The van der Waals surface area contributed by atoms with Gasteiger partial charge in [0.2, 0.25) is 0 Å². The van der Waals surface area contributed by atoms with Crippen molar-refractivity contribution in [2.24, 2.45) is 0 Å². The maximum atomic E-state index is 13.0. The molecule has 2 aromatic carbocycles. The average molecular weight is 411 g/mol. The van der Waals surface area contributed by atoms with Gasteiger partial charge in [-0.15, -0.1) is 0 Å². The van der Waals surface area contributed by atoms with Crippen LogP contribution in [0.15, 0.2) is 53.4 Å². The minimum atomic E-state index is -3.52. The predicted molar refractivity (Wildman–Crippen MR) is 102 cm³/mol. The Morgan fingerprint density at radius 3 is 2.26 bits per heavy atom. The molecule has 2 amide bonds. The molecule has 8 heteroatoms. The zero-order valence-electron chi connectivity index (χ0n) is 14.6. The molecule has 0 spiro atoms. The van der Waals surface area contributed by atoms with Crippen LogP contribution in [-0.2, 0) is 16.4 Å². The normalized spacial score (nSPS) is 15.6. The number of benzene rings is 2. The molecular weight excluding hydrogens is 391 g/mol. The van der Waals surface area contributed by atoms with Crippen molar-refractivity contribution in [3.05, 3.63) is 64.9 Å². The van der Waals surface area contributed by atoms with Crippen LogP contribution in [0.3, 0.4) is 0 Å². The fourth-order valence-electron chi connectivity index (χ4n) is 3.08. The van der Waals surface area contributed by atoms with Crippen molar-refractivity contribution in [2.75, 3.05) is 13.1 Å². The van der Waals surface area contributed by atoms with E-state index >= 15 is 0 Å². The van der Waals surface area contributed by atoms with Crippen LogP contribution in [-0.4, -0.2) is 37.7 Å². The van der Waals surface area contributed by atoms with E-state index in [0.717, 1.165) is 17.7 Å². The highest BCUT2D eigenvalue weighted by atomic mass is 35.5. The molecule has 1 fully saturated rings. The summed E-state index contributed by atoms with van der Waals surface area (Å²) in [5, 5.41) is 2.90. The minimum absolute atomic E-state index is 0.120. The first-order valence-corrected chi connectivity index (χ1v) is 10.6. The summed E-state index contributed by atoms with van der Waals surface area (Å²) in [6, 6.07) is 11.8. The molecule has 0 unspecified atom stereocenters. The second kappa shape index (κ2) is 8.27. The number of piperidine rings is 1. The number of likely N-dealkylation sites (tertiary alicyclic amines) is 1. The Balaban J connectivity index is 1.54. The van der Waals surface area contributed by atoms with Gasteiger partial charge in [-0.3, -0.25) is 0 Å². The molecule has 1 N–H and O–H groups in total. The summed E-state index contributed by atoms with van der Waals surface area (Å²) in [7, 11) is -3.52. The molecule has 144 valence electrons. The van der Waals surface area contributed by atoms with E-state index in [-0.39, 0.29) is 10.9 Å². The Labute approximate surface area is 163 Å². The third-order valence-corrected chi connectivity index (χ3v) is 7.20.